The van der Waals surface area contributed by atoms with E-state index in [4.69, 9.17) is 0 Å². The van der Waals surface area contributed by atoms with Gasteiger partial charge in [0, 0.05) is 0 Å². The molecule has 70 valence electrons. The molecule has 0 saturated carbocycles. The Kier molecular flexibility index (Phi) is 1.86. The van der Waals surface area contributed by atoms with Crippen LogP contribution in [0.25, 0.3) is 21.3 Å². The maximum atomic E-state index is 4.35. The highest BCUT2D eigenvalue weighted by molar-refractivity contribution is 9.11. The monoisotopic (exact) mass is 332 g/mol. The fourth-order valence-corrected chi connectivity index (χ4v) is 2.63. The van der Waals surface area contributed by atoms with Gasteiger partial charge in [0.05, 0.1) is 26.4 Å². The molecule has 0 aliphatic rings. The second-order valence-electron chi connectivity index (χ2n) is 2.71. The first-order valence-corrected chi connectivity index (χ1v) is 6.00. The molecular formula is C7H2Br2N4S. The fourth-order valence-electron chi connectivity index (χ4n) is 1.33. The Morgan fingerprint density at radius 3 is 3.00 bits per heavy atom. The topological polar surface area (TPSA) is 43.6 Å². The lowest BCUT2D eigenvalue weighted by atomic mass is 10.3. The van der Waals surface area contributed by atoms with Gasteiger partial charge in [-0.3, -0.25) is 3.59 Å². The van der Waals surface area contributed by atoms with Gasteiger partial charge in [0.1, 0.15) is 11.0 Å². The van der Waals surface area contributed by atoms with Crippen LogP contribution in [-0.4, -0.2) is 18.2 Å². The first-order valence-electron chi connectivity index (χ1n) is 3.72. The molecule has 0 aliphatic heterocycles. The molecule has 3 rings (SSSR count). The summed E-state index contributed by atoms with van der Waals surface area (Å²) in [4.78, 5) is 4.35. The average Bonchev–Trinajstić information content (AvgIpc) is 2.73. The zero-order valence-electron chi connectivity index (χ0n) is 6.61. The number of halogens is 2. The van der Waals surface area contributed by atoms with Gasteiger partial charge in [0.15, 0.2) is 4.73 Å². The Bertz CT molecular complexity index is 629. The van der Waals surface area contributed by atoms with Gasteiger partial charge in [0.25, 0.3) is 0 Å². The maximum Gasteiger partial charge on any atom is 0.188 e. The Hall–Kier alpha value is -0.530. The van der Waals surface area contributed by atoms with Crippen molar-refractivity contribution >= 4 is 64.9 Å². The van der Waals surface area contributed by atoms with Crippen molar-refractivity contribution in [1.29, 1.82) is 0 Å². The highest BCUT2D eigenvalue weighted by atomic mass is 79.9. The second kappa shape index (κ2) is 2.98. The molecule has 7 heteroatoms. The van der Waals surface area contributed by atoms with Crippen LogP contribution in [0.1, 0.15) is 0 Å². The Morgan fingerprint density at radius 1 is 1.29 bits per heavy atom. The molecule has 0 unspecified atom stereocenters. The van der Waals surface area contributed by atoms with Crippen LogP contribution >= 0.6 is 43.6 Å². The van der Waals surface area contributed by atoms with Crippen LogP contribution in [-0.2, 0) is 0 Å². The number of hydrogen-bond donors (Lipinski definition) is 0. The van der Waals surface area contributed by atoms with E-state index in [1.54, 1.807) is 3.59 Å². The number of nitrogens with zero attached hydrogens (tertiary/aromatic N) is 4. The van der Waals surface area contributed by atoms with E-state index in [9.17, 15) is 0 Å². The van der Waals surface area contributed by atoms with Crippen LogP contribution in [0.3, 0.4) is 0 Å². The fraction of sp³-hybridized carbons (Fsp3) is 0. The predicted molar refractivity (Wildman–Crippen MR) is 62.7 cm³/mol. The molecule has 0 aliphatic carbocycles. The lowest BCUT2D eigenvalue weighted by Gasteiger charge is -1.91. The van der Waals surface area contributed by atoms with Crippen LogP contribution in [0, 0.1) is 0 Å². The number of hydrogen-bond acceptors (Lipinski definition) is 4. The lowest BCUT2D eigenvalue weighted by Crippen LogP contribution is -1.77. The van der Waals surface area contributed by atoms with Crippen molar-refractivity contribution in [2.75, 3.05) is 0 Å². The Morgan fingerprint density at radius 2 is 2.14 bits per heavy atom. The van der Waals surface area contributed by atoms with E-state index in [1.807, 2.05) is 12.1 Å². The Balaban J connectivity index is 2.63. The van der Waals surface area contributed by atoms with Crippen LogP contribution < -0.4 is 0 Å². The number of fused-ring (bicyclic) bond motifs is 3. The zero-order valence-corrected chi connectivity index (χ0v) is 10.6. The quantitative estimate of drug-likeness (QED) is 0.635. The molecule has 0 saturated heterocycles. The van der Waals surface area contributed by atoms with Gasteiger partial charge in [0.2, 0.25) is 0 Å². The van der Waals surface area contributed by atoms with Gasteiger partial charge in [-0.2, -0.15) is 0 Å². The third-order valence-corrected chi connectivity index (χ3v) is 4.37. The van der Waals surface area contributed by atoms with E-state index in [0.717, 1.165) is 26.0 Å². The van der Waals surface area contributed by atoms with Gasteiger partial charge in [-0.05, 0) is 39.6 Å². The summed E-state index contributed by atoms with van der Waals surface area (Å²) in [7, 11) is 0. The summed E-state index contributed by atoms with van der Waals surface area (Å²) < 4.78 is 7.48. The number of imidazole rings is 1. The van der Waals surface area contributed by atoms with Crippen LogP contribution in [0.5, 0.6) is 0 Å². The van der Waals surface area contributed by atoms with Crippen LogP contribution in [0.15, 0.2) is 16.9 Å². The molecular weight excluding hydrogens is 332 g/mol. The maximum absolute atomic E-state index is 4.35. The minimum absolute atomic E-state index is 0.730. The molecule has 3 aromatic rings. The second-order valence-corrected chi connectivity index (χ2v) is 4.92. The summed E-state index contributed by atoms with van der Waals surface area (Å²) in [6.45, 7) is 0. The molecule has 0 spiro atoms. The molecule has 0 amide bonds. The van der Waals surface area contributed by atoms with E-state index in [-0.39, 0.29) is 0 Å². The predicted octanol–water partition coefficient (Wildman–Crippen LogP) is 2.96. The normalized spacial score (nSPS) is 11.6. The van der Waals surface area contributed by atoms with Gasteiger partial charge in [-0.15, -0.1) is 5.10 Å². The average molecular weight is 334 g/mol. The summed E-state index contributed by atoms with van der Waals surface area (Å²) in [6, 6.07) is 3.98. The van der Waals surface area contributed by atoms with Gasteiger partial charge < -0.3 is 0 Å². The van der Waals surface area contributed by atoms with E-state index in [0.29, 0.717) is 0 Å². The summed E-state index contributed by atoms with van der Waals surface area (Å²) in [6.07, 6.45) is 0. The van der Waals surface area contributed by atoms with Crippen LogP contribution in [0.4, 0.5) is 0 Å². The summed E-state index contributed by atoms with van der Waals surface area (Å²) in [5.41, 5.74) is 2.70. The van der Waals surface area contributed by atoms with Gasteiger partial charge >= 0.3 is 0 Å². The molecule has 0 N–H and O–H groups in total. The summed E-state index contributed by atoms with van der Waals surface area (Å²) >= 11 is 8.11. The van der Waals surface area contributed by atoms with E-state index >= 15 is 0 Å². The van der Waals surface area contributed by atoms with Crippen molar-refractivity contribution in [2.45, 2.75) is 0 Å². The third-order valence-electron chi connectivity index (χ3n) is 1.95. The third kappa shape index (κ3) is 1.06. The lowest BCUT2D eigenvalue weighted by molar-refractivity contribution is 1.19. The van der Waals surface area contributed by atoms with E-state index in [2.05, 4.69) is 46.6 Å². The molecule has 0 atom stereocenters. The Labute approximate surface area is 99.6 Å². The molecule has 0 fully saturated rings. The molecule has 4 nitrogen and oxygen atoms in total. The van der Waals surface area contributed by atoms with Crippen molar-refractivity contribution in [3.8, 4) is 0 Å². The standard InChI is InChI=1S/C7H2Br2N4S/c8-7-10-5-3(13(7)9)1-2-4-6(5)11-12-14-4/h1-2H. The zero-order chi connectivity index (χ0) is 9.71. The van der Waals surface area contributed by atoms with Gasteiger partial charge in [-0.1, -0.05) is 4.49 Å². The number of aromatic nitrogens is 4. The van der Waals surface area contributed by atoms with Crippen molar-refractivity contribution in [3.63, 3.8) is 0 Å². The molecule has 2 heterocycles. The summed E-state index contributed by atoms with van der Waals surface area (Å²) in [5.74, 6) is 0. The summed E-state index contributed by atoms with van der Waals surface area (Å²) in [5, 5.41) is 4.05. The van der Waals surface area contributed by atoms with Crippen molar-refractivity contribution in [2.24, 2.45) is 0 Å². The van der Waals surface area contributed by atoms with Crippen molar-refractivity contribution in [1.82, 2.24) is 18.2 Å². The minimum Gasteiger partial charge on any atom is -0.252 e. The largest absolute Gasteiger partial charge is 0.252 e. The van der Waals surface area contributed by atoms with Gasteiger partial charge in [-0.25, -0.2) is 4.98 Å². The van der Waals surface area contributed by atoms with Crippen molar-refractivity contribution < 1.29 is 0 Å². The molecule has 0 radical (unpaired) electrons. The highest BCUT2D eigenvalue weighted by Gasteiger charge is 2.11. The SMILES string of the molecule is Brc1nc2c3nnsc3ccc2n1Br. The first-order chi connectivity index (χ1) is 6.77. The molecule has 14 heavy (non-hydrogen) atoms. The van der Waals surface area contributed by atoms with Crippen LogP contribution in [0.2, 0.25) is 0 Å². The molecule has 0 bridgehead atoms. The highest BCUT2D eigenvalue weighted by Crippen LogP contribution is 2.28. The van der Waals surface area contributed by atoms with Crippen molar-refractivity contribution in [3.05, 3.63) is 16.9 Å². The molecule has 1 aromatic carbocycles. The molecule has 2 aromatic heterocycles. The first kappa shape index (κ1) is 8.75. The smallest absolute Gasteiger partial charge is 0.188 e. The van der Waals surface area contributed by atoms with E-state index < -0.39 is 0 Å². The van der Waals surface area contributed by atoms with E-state index in [1.165, 1.54) is 11.5 Å². The minimum atomic E-state index is 0.730. The number of rotatable bonds is 0. The number of benzene rings is 1.